The summed E-state index contributed by atoms with van der Waals surface area (Å²) < 4.78 is 14.6. The summed E-state index contributed by atoms with van der Waals surface area (Å²) in [7, 11) is 0. The van der Waals surface area contributed by atoms with E-state index in [2.05, 4.69) is 30.2 Å². The van der Waals surface area contributed by atoms with Crippen LogP contribution in [0.4, 0.5) is 10.2 Å². The first-order chi connectivity index (χ1) is 16.6. The average molecular weight is 457 g/mol. The highest BCUT2D eigenvalue weighted by Gasteiger charge is 2.41. The molecule has 1 aliphatic carbocycles. The molecule has 4 aromatic rings. The lowest BCUT2D eigenvalue weighted by Crippen LogP contribution is -2.45. The van der Waals surface area contributed by atoms with Crippen LogP contribution < -0.4 is 5.32 Å². The number of nitrogens with one attached hydrogen (secondary N) is 2. The van der Waals surface area contributed by atoms with Crippen molar-refractivity contribution in [1.29, 1.82) is 0 Å². The van der Waals surface area contributed by atoms with Gasteiger partial charge in [-0.1, -0.05) is 12.1 Å². The SMILES string of the molecule is O=C1c2ccccc2C(=O)N1C1CCCC(Nc2nc(-c3c[nH]c4ncncc34)ncc2F)C1. The van der Waals surface area contributed by atoms with Gasteiger partial charge in [-0.25, -0.2) is 24.3 Å². The largest absolute Gasteiger partial charge is 0.365 e. The van der Waals surface area contributed by atoms with Gasteiger partial charge in [0.25, 0.3) is 11.8 Å². The maximum Gasteiger partial charge on any atom is 0.261 e. The van der Waals surface area contributed by atoms with Gasteiger partial charge in [0.2, 0.25) is 0 Å². The molecule has 0 radical (unpaired) electrons. The van der Waals surface area contributed by atoms with Crippen molar-refractivity contribution in [2.45, 2.75) is 37.8 Å². The number of benzene rings is 1. The van der Waals surface area contributed by atoms with E-state index in [0.717, 1.165) is 30.8 Å². The first kappa shape index (κ1) is 20.4. The number of carbonyl (C=O) groups is 2. The number of imide groups is 1. The fourth-order valence-corrected chi connectivity index (χ4v) is 4.91. The van der Waals surface area contributed by atoms with E-state index < -0.39 is 5.82 Å². The zero-order chi connectivity index (χ0) is 23.2. The predicted molar refractivity (Wildman–Crippen MR) is 121 cm³/mol. The second-order valence-electron chi connectivity index (χ2n) is 8.57. The van der Waals surface area contributed by atoms with Crippen LogP contribution in [0.3, 0.4) is 0 Å². The lowest BCUT2D eigenvalue weighted by atomic mass is 9.90. The summed E-state index contributed by atoms with van der Waals surface area (Å²) in [6.45, 7) is 0. The van der Waals surface area contributed by atoms with Crippen molar-refractivity contribution in [2.75, 3.05) is 5.32 Å². The van der Waals surface area contributed by atoms with Gasteiger partial charge < -0.3 is 10.3 Å². The summed E-state index contributed by atoms with van der Waals surface area (Å²) in [4.78, 5) is 47.0. The lowest BCUT2D eigenvalue weighted by molar-refractivity contribution is 0.0544. The molecule has 1 fully saturated rings. The third-order valence-corrected chi connectivity index (χ3v) is 6.52. The number of rotatable bonds is 4. The van der Waals surface area contributed by atoms with Crippen molar-refractivity contribution in [3.63, 3.8) is 0 Å². The van der Waals surface area contributed by atoms with Crippen LogP contribution in [0, 0.1) is 5.82 Å². The summed E-state index contributed by atoms with van der Waals surface area (Å²) in [6.07, 6.45) is 8.76. The molecule has 9 nitrogen and oxygen atoms in total. The number of H-pyrrole nitrogens is 1. The molecule has 2 N–H and O–H groups in total. The first-order valence-electron chi connectivity index (χ1n) is 11.1. The minimum Gasteiger partial charge on any atom is -0.365 e. The third kappa shape index (κ3) is 3.30. The number of aromatic amines is 1. The summed E-state index contributed by atoms with van der Waals surface area (Å²) in [5, 5.41) is 3.93. The molecule has 1 aromatic carbocycles. The summed E-state index contributed by atoms with van der Waals surface area (Å²) in [5.74, 6) is -0.656. The van der Waals surface area contributed by atoms with Crippen LogP contribution >= 0.6 is 0 Å². The number of carbonyl (C=O) groups excluding carboxylic acids is 2. The van der Waals surface area contributed by atoms with Crippen molar-refractivity contribution in [2.24, 2.45) is 0 Å². The molecule has 3 aromatic heterocycles. The Kier molecular flexibility index (Phi) is 4.79. The number of amides is 2. The second-order valence-corrected chi connectivity index (χ2v) is 8.57. The minimum atomic E-state index is -0.567. The molecule has 2 unspecified atom stereocenters. The molecule has 0 saturated heterocycles. The van der Waals surface area contributed by atoms with E-state index in [0.29, 0.717) is 34.6 Å². The van der Waals surface area contributed by atoms with E-state index in [4.69, 9.17) is 0 Å². The Morgan fingerprint density at radius 2 is 1.82 bits per heavy atom. The Morgan fingerprint density at radius 1 is 1.03 bits per heavy atom. The normalized spacial score (nSPS) is 20.1. The number of hydrogen-bond acceptors (Lipinski definition) is 7. The number of fused-ring (bicyclic) bond motifs is 2. The van der Waals surface area contributed by atoms with Crippen molar-refractivity contribution < 1.29 is 14.0 Å². The van der Waals surface area contributed by atoms with Gasteiger partial charge in [-0.2, -0.15) is 0 Å². The van der Waals surface area contributed by atoms with Crippen LogP contribution in [-0.2, 0) is 0 Å². The van der Waals surface area contributed by atoms with Gasteiger partial charge in [-0.05, 0) is 37.8 Å². The molecule has 2 amide bonds. The van der Waals surface area contributed by atoms with Crippen LogP contribution in [-0.4, -0.2) is 53.7 Å². The maximum absolute atomic E-state index is 14.6. The first-order valence-corrected chi connectivity index (χ1v) is 11.1. The Hall–Kier alpha value is -4.21. The molecular weight excluding hydrogens is 437 g/mol. The summed E-state index contributed by atoms with van der Waals surface area (Å²) in [6, 6.07) is 6.48. The number of nitrogens with zero attached hydrogens (tertiary/aromatic N) is 5. The minimum absolute atomic E-state index is 0.0872. The predicted octanol–water partition coefficient (Wildman–Crippen LogP) is 3.57. The highest BCUT2D eigenvalue weighted by Crippen LogP contribution is 2.33. The summed E-state index contributed by atoms with van der Waals surface area (Å²) >= 11 is 0. The monoisotopic (exact) mass is 457 g/mol. The van der Waals surface area contributed by atoms with E-state index in [-0.39, 0.29) is 29.7 Å². The van der Waals surface area contributed by atoms with Gasteiger partial charge in [0.1, 0.15) is 12.0 Å². The third-order valence-electron chi connectivity index (χ3n) is 6.52. The standard InChI is InChI=1S/C24H20FN7O2/c25-19-11-28-21(18-10-27-20-17(18)9-26-12-29-20)31-22(19)30-13-4-3-5-14(8-13)32-23(33)15-6-1-2-7-16(15)24(32)34/h1-2,6-7,9-14H,3-5,8H2,(H,26,27,29)(H,28,30,31). The molecule has 1 aliphatic heterocycles. The smallest absolute Gasteiger partial charge is 0.261 e. The topological polar surface area (TPSA) is 117 Å². The van der Waals surface area contributed by atoms with Gasteiger partial charge in [-0.15, -0.1) is 0 Å². The van der Waals surface area contributed by atoms with E-state index in [1.165, 1.54) is 11.2 Å². The molecule has 10 heteroatoms. The van der Waals surface area contributed by atoms with Crippen molar-refractivity contribution in [1.82, 2.24) is 29.8 Å². The van der Waals surface area contributed by atoms with E-state index >= 15 is 0 Å². The zero-order valence-electron chi connectivity index (χ0n) is 18.0. The van der Waals surface area contributed by atoms with Crippen LogP contribution in [0.5, 0.6) is 0 Å². The zero-order valence-corrected chi connectivity index (χ0v) is 18.0. The maximum atomic E-state index is 14.6. The van der Waals surface area contributed by atoms with Crippen LogP contribution in [0.2, 0.25) is 0 Å². The molecule has 2 atom stereocenters. The highest BCUT2D eigenvalue weighted by atomic mass is 19.1. The van der Waals surface area contributed by atoms with E-state index in [1.807, 2.05) is 0 Å². The van der Waals surface area contributed by atoms with Crippen LogP contribution in [0.1, 0.15) is 46.4 Å². The van der Waals surface area contributed by atoms with Gasteiger partial charge in [-0.3, -0.25) is 14.5 Å². The average Bonchev–Trinajstić information content (AvgIpc) is 3.40. The van der Waals surface area contributed by atoms with Crippen molar-refractivity contribution in [3.8, 4) is 11.4 Å². The van der Waals surface area contributed by atoms with E-state index in [1.54, 1.807) is 36.7 Å². The molecule has 34 heavy (non-hydrogen) atoms. The molecule has 2 aliphatic rings. The Morgan fingerprint density at radius 3 is 2.62 bits per heavy atom. The number of halogens is 1. The lowest BCUT2D eigenvalue weighted by Gasteiger charge is -2.34. The van der Waals surface area contributed by atoms with E-state index in [9.17, 15) is 14.0 Å². The molecule has 0 bridgehead atoms. The Bertz CT molecular complexity index is 1400. The molecule has 4 heterocycles. The van der Waals surface area contributed by atoms with Crippen molar-refractivity contribution >= 4 is 28.7 Å². The number of hydrogen-bond donors (Lipinski definition) is 2. The van der Waals surface area contributed by atoms with Gasteiger partial charge in [0.05, 0.1) is 17.3 Å². The molecule has 6 rings (SSSR count). The van der Waals surface area contributed by atoms with Crippen LogP contribution in [0.15, 0.2) is 49.2 Å². The quantitative estimate of drug-likeness (QED) is 0.450. The number of aromatic nitrogens is 5. The fourth-order valence-electron chi connectivity index (χ4n) is 4.91. The number of anilines is 1. The second kappa shape index (κ2) is 7.98. The highest BCUT2D eigenvalue weighted by molar-refractivity contribution is 6.21. The molecule has 1 saturated carbocycles. The van der Waals surface area contributed by atoms with Gasteiger partial charge in [0, 0.05) is 35.4 Å². The summed E-state index contributed by atoms with van der Waals surface area (Å²) in [5.41, 5.74) is 2.20. The molecular formula is C24H20FN7O2. The molecule has 0 spiro atoms. The van der Waals surface area contributed by atoms with Gasteiger partial charge >= 0.3 is 0 Å². The van der Waals surface area contributed by atoms with Crippen molar-refractivity contribution in [3.05, 3.63) is 66.1 Å². The van der Waals surface area contributed by atoms with Crippen LogP contribution in [0.25, 0.3) is 22.4 Å². The Labute approximate surface area is 193 Å². The fraction of sp³-hybridized carbons (Fsp3) is 0.250. The Balaban J connectivity index is 1.24. The molecule has 170 valence electrons. The van der Waals surface area contributed by atoms with Gasteiger partial charge in [0.15, 0.2) is 17.5 Å².